The second-order valence-electron chi connectivity index (χ2n) is 17.1. The van der Waals surface area contributed by atoms with E-state index in [1.165, 1.54) is 7.11 Å². The molecule has 1 aliphatic heterocycles. The third-order valence-electron chi connectivity index (χ3n) is 12.9. The van der Waals surface area contributed by atoms with E-state index < -0.39 is 42.4 Å². The maximum absolute atomic E-state index is 14.4. The van der Waals surface area contributed by atoms with E-state index >= 15 is 0 Å². The van der Waals surface area contributed by atoms with Gasteiger partial charge in [0.1, 0.15) is 18.7 Å². The van der Waals surface area contributed by atoms with Crippen LogP contribution in [0, 0.1) is 17.8 Å². The first-order valence-electron chi connectivity index (χ1n) is 21.9. The van der Waals surface area contributed by atoms with E-state index in [2.05, 4.69) is 34.9 Å². The smallest absolute Gasteiger partial charge is 0.407 e. The number of esters is 1. The molecule has 3 amide bonds. The van der Waals surface area contributed by atoms with Gasteiger partial charge >= 0.3 is 12.1 Å². The SMILES string of the molecule is CC[C@H](C)[C@@H](C(CC(=O)N1CCC[C@H]1[C@H](OC)[C@@H](C)C(=S)N[C@@H](Cc1ccccc1)C(=O)OC)OC)N(C)C(=O)[C@@H](NC(=O)OCC1c2ccccc2-c2ccccc21)C(C)C. The fraction of sp³-hybridized carbons (Fsp3) is 0.531. The van der Waals surface area contributed by atoms with Gasteiger partial charge in [-0.3, -0.25) is 9.59 Å². The van der Waals surface area contributed by atoms with Gasteiger partial charge in [0.05, 0.1) is 42.8 Å². The molecule has 0 saturated carbocycles. The molecule has 1 fully saturated rings. The highest BCUT2D eigenvalue weighted by Crippen LogP contribution is 2.44. The van der Waals surface area contributed by atoms with Gasteiger partial charge in [-0.05, 0) is 52.5 Å². The molecule has 0 spiro atoms. The summed E-state index contributed by atoms with van der Waals surface area (Å²) in [6.07, 6.45) is 0.869. The lowest BCUT2D eigenvalue weighted by molar-refractivity contribution is -0.145. The lowest BCUT2D eigenvalue weighted by Gasteiger charge is -2.41. The lowest BCUT2D eigenvalue weighted by Crippen LogP contribution is -2.58. The number of alkyl carbamates (subject to hydrolysis) is 1. The Morgan fingerprint density at radius 2 is 1.47 bits per heavy atom. The number of amides is 3. The van der Waals surface area contributed by atoms with Crippen LogP contribution in [0.4, 0.5) is 4.79 Å². The van der Waals surface area contributed by atoms with E-state index in [9.17, 15) is 19.2 Å². The Kier molecular flexibility index (Phi) is 17.5. The number of rotatable bonds is 20. The Bertz CT molecular complexity index is 1950. The number of nitrogens with one attached hydrogen (secondary N) is 2. The van der Waals surface area contributed by atoms with E-state index in [-0.39, 0.29) is 54.6 Å². The molecule has 0 aromatic heterocycles. The predicted octanol–water partition coefficient (Wildman–Crippen LogP) is 7.17. The predicted molar refractivity (Wildman–Crippen MR) is 245 cm³/mol. The highest BCUT2D eigenvalue weighted by Gasteiger charge is 2.43. The highest BCUT2D eigenvalue weighted by molar-refractivity contribution is 7.80. The van der Waals surface area contributed by atoms with Gasteiger partial charge in [0, 0.05) is 46.1 Å². The molecular weight excluding hydrogens is 805 g/mol. The van der Waals surface area contributed by atoms with Gasteiger partial charge in [-0.15, -0.1) is 0 Å². The monoisotopic (exact) mass is 870 g/mol. The number of benzene rings is 3. The average Bonchev–Trinajstić information content (AvgIpc) is 3.90. The number of ether oxygens (including phenoxy) is 4. The molecule has 13 heteroatoms. The Morgan fingerprint density at radius 1 is 0.855 bits per heavy atom. The van der Waals surface area contributed by atoms with Crippen molar-refractivity contribution in [2.24, 2.45) is 17.8 Å². The summed E-state index contributed by atoms with van der Waals surface area (Å²) in [5, 5.41) is 6.11. The van der Waals surface area contributed by atoms with Crippen LogP contribution in [0.5, 0.6) is 0 Å². The summed E-state index contributed by atoms with van der Waals surface area (Å²) >= 11 is 5.88. The molecule has 0 bridgehead atoms. The van der Waals surface area contributed by atoms with Crippen LogP contribution in [0.1, 0.15) is 82.9 Å². The molecule has 2 aliphatic rings. The summed E-state index contributed by atoms with van der Waals surface area (Å²) in [7, 11) is 6.26. The molecule has 1 aliphatic carbocycles. The van der Waals surface area contributed by atoms with Crippen LogP contribution in [0.25, 0.3) is 11.1 Å². The van der Waals surface area contributed by atoms with E-state index in [0.29, 0.717) is 24.4 Å². The molecule has 12 nitrogen and oxygen atoms in total. The Hall–Kier alpha value is -4.85. The van der Waals surface area contributed by atoms with Crippen molar-refractivity contribution in [1.82, 2.24) is 20.4 Å². The summed E-state index contributed by atoms with van der Waals surface area (Å²) in [4.78, 5) is 59.0. The third kappa shape index (κ3) is 11.2. The van der Waals surface area contributed by atoms with E-state index in [1.54, 1.807) is 26.2 Å². The minimum absolute atomic E-state index is 0.0286. The molecule has 3 aromatic rings. The number of methoxy groups -OCH3 is 3. The first-order valence-corrected chi connectivity index (χ1v) is 22.3. The van der Waals surface area contributed by atoms with Gasteiger partial charge in [-0.1, -0.05) is 132 Å². The number of likely N-dealkylation sites (N-methyl/N-ethyl adjacent to an activating group) is 1. The quantitative estimate of drug-likeness (QED) is 0.0889. The maximum Gasteiger partial charge on any atom is 0.407 e. The normalized spacial score (nSPS) is 18.0. The minimum Gasteiger partial charge on any atom is -0.467 e. The number of thiocarbonyl (C=S) groups is 1. The largest absolute Gasteiger partial charge is 0.467 e. The lowest BCUT2D eigenvalue weighted by atomic mass is 9.89. The van der Waals surface area contributed by atoms with Gasteiger partial charge in [-0.2, -0.15) is 0 Å². The minimum atomic E-state index is -0.883. The van der Waals surface area contributed by atoms with Crippen molar-refractivity contribution in [2.45, 2.75) is 109 Å². The number of fused-ring (bicyclic) bond motifs is 3. The molecule has 3 aromatic carbocycles. The second kappa shape index (κ2) is 22.5. The molecule has 62 heavy (non-hydrogen) atoms. The summed E-state index contributed by atoms with van der Waals surface area (Å²) < 4.78 is 23.1. The van der Waals surface area contributed by atoms with Gasteiger partial charge in [0.15, 0.2) is 0 Å². The number of nitrogens with zero attached hydrogens (tertiary/aromatic N) is 2. The van der Waals surface area contributed by atoms with Crippen LogP contribution < -0.4 is 10.6 Å². The molecule has 8 atom stereocenters. The first kappa shape index (κ1) is 48.2. The summed E-state index contributed by atoms with van der Waals surface area (Å²) in [5.41, 5.74) is 5.43. The van der Waals surface area contributed by atoms with Gasteiger partial charge < -0.3 is 39.4 Å². The van der Waals surface area contributed by atoms with Crippen molar-refractivity contribution >= 4 is 41.1 Å². The summed E-state index contributed by atoms with van der Waals surface area (Å²) in [6.45, 7) is 10.5. The highest BCUT2D eigenvalue weighted by atomic mass is 32.1. The molecule has 336 valence electrons. The topological polar surface area (TPSA) is 136 Å². The van der Waals surface area contributed by atoms with Crippen LogP contribution in [-0.2, 0) is 39.8 Å². The molecule has 2 N–H and O–H groups in total. The van der Waals surface area contributed by atoms with Gasteiger partial charge in [0.2, 0.25) is 11.8 Å². The van der Waals surface area contributed by atoms with Crippen LogP contribution in [0.3, 0.4) is 0 Å². The third-order valence-corrected chi connectivity index (χ3v) is 13.4. The zero-order chi connectivity index (χ0) is 45.1. The van der Waals surface area contributed by atoms with E-state index in [0.717, 1.165) is 40.7 Å². The molecule has 0 radical (unpaired) electrons. The summed E-state index contributed by atoms with van der Waals surface area (Å²) in [5.74, 6) is -1.60. The standard InChI is InChI=1S/C49H66N4O8S/c1-10-31(4)44(52(6)47(55)43(30(2)3)51-49(57)61-29-38-36-23-16-14-21-34(36)35-22-15-17-24-37(35)38)41(58-7)28-42(54)53-26-18-25-40(53)45(59-8)32(5)46(62)50-39(48(56)60-9)27-33-19-12-11-13-20-33/h11-17,19-24,30-32,38-41,43-45H,10,18,25-29H2,1-9H3,(H,50,62)(H,51,57)/t31-,32+,39-,40-,41?,43-,44-,45+/m0/s1. The second-order valence-corrected chi connectivity index (χ2v) is 17.5. The van der Waals surface area contributed by atoms with Crippen LogP contribution in [-0.4, -0.2) is 117 Å². The molecular formula is C49H66N4O8S. The van der Waals surface area contributed by atoms with E-state index in [4.69, 9.17) is 31.2 Å². The molecule has 1 unspecified atom stereocenters. The molecule has 5 rings (SSSR count). The Balaban J connectivity index is 1.25. The number of carbonyl (C=O) groups is 4. The van der Waals surface area contributed by atoms with Crippen LogP contribution in [0.15, 0.2) is 78.9 Å². The summed E-state index contributed by atoms with van der Waals surface area (Å²) in [6, 6.07) is 23.6. The van der Waals surface area contributed by atoms with Crippen molar-refractivity contribution in [3.63, 3.8) is 0 Å². The zero-order valence-electron chi connectivity index (χ0n) is 37.8. The Morgan fingerprint density at radius 3 is 2.03 bits per heavy atom. The molecule has 1 heterocycles. The van der Waals surface area contributed by atoms with Crippen molar-refractivity contribution < 1.29 is 38.1 Å². The fourth-order valence-corrected chi connectivity index (χ4v) is 9.57. The van der Waals surface area contributed by atoms with Crippen LogP contribution >= 0.6 is 12.2 Å². The first-order chi connectivity index (χ1) is 29.8. The van der Waals surface area contributed by atoms with Gasteiger partial charge in [-0.25, -0.2) is 9.59 Å². The van der Waals surface area contributed by atoms with Crippen molar-refractivity contribution in [1.29, 1.82) is 0 Å². The van der Waals surface area contributed by atoms with Crippen molar-refractivity contribution in [3.8, 4) is 11.1 Å². The number of likely N-dealkylation sites (tertiary alicyclic amines) is 1. The van der Waals surface area contributed by atoms with Crippen LogP contribution in [0.2, 0.25) is 0 Å². The van der Waals surface area contributed by atoms with E-state index in [1.807, 2.05) is 94.1 Å². The zero-order valence-corrected chi connectivity index (χ0v) is 38.6. The average molecular weight is 871 g/mol. The maximum atomic E-state index is 14.4. The molecule has 1 saturated heterocycles. The number of hydrogen-bond donors (Lipinski definition) is 2. The van der Waals surface area contributed by atoms with Crippen molar-refractivity contribution in [3.05, 3.63) is 95.6 Å². The fourth-order valence-electron chi connectivity index (χ4n) is 9.29. The van der Waals surface area contributed by atoms with Crippen molar-refractivity contribution in [2.75, 3.05) is 41.5 Å². The van der Waals surface area contributed by atoms with Gasteiger partial charge in [0.25, 0.3) is 0 Å². The Labute approximate surface area is 373 Å². The number of hydrogen-bond acceptors (Lipinski definition) is 9. The number of carbonyl (C=O) groups excluding carboxylic acids is 4.